The summed E-state index contributed by atoms with van der Waals surface area (Å²) >= 11 is 0. The van der Waals surface area contributed by atoms with E-state index in [1.54, 1.807) is 0 Å². The summed E-state index contributed by atoms with van der Waals surface area (Å²) in [5.74, 6) is -0.257. The number of unbranched alkanes of at least 4 members (excludes halogenated alkanes) is 2. The number of alkyl halides is 1. The molecule has 0 heterocycles. The van der Waals surface area contributed by atoms with Crippen LogP contribution >= 0.6 is 0 Å². The van der Waals surface area contributed by atoms with Crippen molar-refractivity contribution in [2.75, 3.05) is 25.5 Å². The van der Waals surface area contributed by atoms with Gasteiger partial charge in [-0.25, -0.2) is 0 Å². The Morgan fingerprint density at radius 1 is 1.12 bits per heavy atom. The number of rotatable bonds is 9. The van der Waals surface area contributed by atoms with Crippen LogP contribution in [0.25, 0.3) is 0 Å². The van der Waals surface area contributed by atoms with Crippen molar-refractivity contribution in [1.29, 1.82) is 0 Å². The molecule has 0 atom stereocenters. The van der Waals surface area contributed by atoms with Gasteiger partial charge in [-0.1, -0.05) is 12.2 Å². The fourth-order valence-corrected chi connectivity index (χ4v) is 1.41. The molecule has 4 nitrogen and oxygen atoms in total. The fourth-order valence-electron chi connectivity index (χ4n) is 0.843. The van der Waals surface area contributed by atoms with Gasteiger partial charge in [0.05, 0.1) is 12.4 Å². The number of hydrogen-bond donors (Lipinski definition) is 2. The predicted molar refractivity (Wildman–Crippen MR) is 69.5 cm³/mol. The molecule has 0 aliphatic rings. The van der Waals surface area contributed by atoms with E-state index in [1.165, 1.54) is 0 Å². The average Bonchev–Trinajstić information content (AvgIpc) is 2.25. The zero-order valence-corrected chi connectivity index (χ0v) is 10.9. The second-order valence-corrected chi connectivity index (χ2v) is 4.84. The lowest BCUT2D eigenvalue weighted by atomic mass is 10.3. The van der Waals surface area contributed by atoms with Crippen molar-refractivity contribution in [3.8, 4) is 0 Å². The average molecular weight is 267 g/mol. The molecule has 0 amide bonds. The van der Waals surface area contributed by atoms with Crippen LogP contribution in [0.5, 0.6) is 0 Å². The van der Waals surface area contributed by atoms with E-state index in [1.807, 2.05) is 12.2 Å². The minimum Gasteiger partial charge on any atom is -0.310 e. The Kier molecular flexibility index (Phi) is 14.6. The first-order chi connectivity index (χ1) is 7.97. The Labute approximate surface area is 103 Å². The smallest absolute Gasteiger partial charge is 0.264 e. The van der Waals surface area contributed by atoms with Crippen LogP contribution in [-0.4, -0.2) is 38.5 Å². The molecule has 0 spiro atoms. The molecule has 0 aliphatic carbocycles. The lowest BCUT2D eigenvalue weighted by molar-refractivity contribution is 0.452. The SMILES string of the molecule is C=CCNCC=C.O=S(=O)(O)CCCCCF. The standard InChI is InChI=1S/C6H11N.C5H11FO3S/c1-3-5-7-6-4-2;6-4-2-1-3-5-10(7,8)9/h3-4,7H,1-2,5-6H2;1-5H2,(H,7,8,9). The highest BCUT2D eigenvalue weighted by molar-refractivity contribution is 7.85. The van der Waals surface area contributed by atoms with Crippen molar-refractivity contribution in [2.24, 2.45) is 0 Å². The normalized spacial score (nSPS) is 10.2. The maximum Gasteiger partial charge on any atom is 0.264 e. The Balaban J connectivity index is 0. The molecule has 0 aromatic carbocycles. The maximum atomic E-state index is 11.4. The molecule has 17 heavy (non-hydrogen) atoms. The highest BCUT2D eigenvalue weighted by Crippen LogP contribution is 1.97. The highest BCUT2D eigenvalue weighted by atomic mass is 32.2. The molecular formula is C11H22FNO3S. The maximum absolute atomic E-state index is 11.4. The third kappa shape index (κ3) is 25.5. The van der Waals surface area contributed by atoms with Crippen molar-refractivity contribution >= 4 is 10.1 Å². The van der Waals surface area contributed by atoms with Crippen LogP contribution in [0.3, 0.4) is 0 Å². The molecule has 0 saturated heterocycles. The first kappa shape index (κ1) is 18.6. The van der Waals surface area contributed by atoms with Crippen LogP contribution in [0.1, 0.15) is 19.3 Å². The van der Waals surface area contributed by atoms with Gasteiger partial charge in [0.2, 0.25) is 0 Å². The first-order valence-electron chi connectivity index (χ1n) is 5.41. The van der Waals surface area contributed by atoms with Gasteiger partial charge in [-0.05, 0) is 19.3 Å². The monoisotopic (exact) mass is 267 g/mol. The number of halogens is 1. The second-order valence-electron chi connectivity index (χ2n) is 3.27. The Morgan fingerprint density at radius 3 is 2.00 bits per heavy atom. The molecule has 0 unspecified atom stereocenters. The van der Waals surface area contributed by atoms with Crippen LogP contribution < -0.4 is 5.32 Å². The van der Waals surface area contributed by atoms with Crippen molar-refractivity contribution < 1.29 is 17.4 Å². The second kappa shape index (κ2) is 13.3. The molecule has 2 N–H and O–H groups in total. The molecule has 0 saturated carbocycles. The number of hydrogen-bond acceptors (Lipinski definition) is 3. The van der Waals surface area contributed by atoms with Crippen LogP contribution in [0, 0.1) is 0 Å². The van der Waals surface area contributed by atoms with Gasteiger partial charge in [-0.2, -0.15) is 8.42 Å². The van der Waals surface area contributed by atoms with E-state index >= 15 is 0 Å². The summed E-state index contributed by atoms with van der Waals surface area (Å²) in [5, 5.41) is 3.05. The summed E-state index contributed by atoms with van der Waals surface area (Å²) < 4.78 is 39.7. The summed E-state index contributed by atoms with van der Waals surface area (Å²) in [4.78, 5) is 0. The van der Waals surface area contributed by atoms with E-state index in [4.69, 9.17) is 4.55 Å². The molecule has 0 aromatic rings. The van der Waals surface area contributed by atoms with E-state index in [-0.39, 0.29) is 5.75 Å². The number of nitrogens with one attached hydrogen (secondary N) is 1. The van der Waals surface area contributed by atoms with Crippen molar-refractivity contribution in [3.05, 3.63) is 25.3 Å². The van der Waals surface area contributed by atoms with Gasteiger partial charge in [-0.15, -0.1) is 13.2 Å². The first-order valence-corrected chi connectivity index (χ1v) is 7.02. The van der Waals surface area contributed by atoms with Crippen molar-refractivity contribution in [3.63, 3.8) is 0 Å². The van der Waals surface area contributed by atoms with E-state index in [2.05, 4.69) is 18.5 Å². The summed E-state index contributed by atoms with van der Waals surface area (Å²) in [6.07, 6.45) is 4.86. The van der Waals surface area contributed by atoms with E-state index < -0.39 is 16.8 Å². The van der Waals surface area contributed by atoms with E-state index in [0.29, 0.717) is 19.3 Å². The lowest BCUT2D eigenvalue weighted by Gasteiger charge is -1.94. The largest absolute Gasteiger partial charge is 0.310 e. The predicted octanol–water partition coefficient (Wildman–Crippen LogP) is 1.96. The molecule has 0 rings (SSSR count). The summed E-state index contributed by atoms with van der Waals surface area (Å²) in [7, 11) is -3.83. The minimum absolute atomic E-state index is 0.257. The molecule has 0 radical (unpaired) electrons. The zero-order valence-electron chi connectivity index (χ0n) is 10.1. The molecular weight excluding hydrogens is 245 g/mol. The van der Waals surface area contributed by atoms with Gasteiger partial charge >= 0.3 is 0 Å². The molecule has 6 heteroatoms. The highest BCUT2D eigenvalue weighted by Gasteiger charge is 2.02. The summed E-state index contributed by atoms with van der Waals surface area (Å²) in [6.45, 7) is 8.38. The van der Waals surface area contributed by atoms with Gasteiger partial charge in [-0.3, -0.25) is 8.94 Å². The van der Waals surface area contributed by atoms with Crippen molar-refractivity contribution in [2.45, 2.75) is 19.3 Å². The van der Waals surface area contributed by atoms with E-state index in [9.17, 15) is 12.8 Å². The van der Waals surface area contributed by atoms with Crippen LogP contribution in [0.15, 0.2) is 25.3 Å². The summed E-state index contributed by atoms with van der Waals surface area (Å²) in [6, 6.07) is 0. The third-order valence-electron chi connectivity index (χ3n) is 1.61. The van der Waals surface area contributed by atoms with Gasteiger partial charge in [0.1, 0.15) is 0 Å². The van der Waals surface area contributed by atoms with Gasteiger partial charge in [0.25, 0.3) is 10.1 Å². The molecule has 102 valence electrons. The molecule has 0 aromatic heterocycles. The molecule has 0 fully saturated rings. The molecule has 0 bridgehead atoms. The minimum atomic E-state index is -3.83. The van der Waals surface area contributed by atoms with Gasteiger partial charge in [0, 0.05) is 13.1 Å². The van der Waals surface area contributed by atoms with Crippen LogP contribution in [-0.2, 0) is 10.1 Å². The Bertz CT molecular complexity index is 270. The van der Waals surface area contributed by atoms with Gasteiger partial charge in [0.15, 0.2) is 0 Å². The Morgan fingerprint density at radius 2 is 1.65 bits per heavy atom. The third-order valence-corrected chi connectivity index (χ3v) is 2.42. The molecule has 0 aliphatic heterocycles. The summed E-state index contributed by atoms with van der Waals surface area (Å²) in [5.41, 5.74) is 0. The topological polar surface area (TPSA) is 66.4 Å². The Hall–Kier alpha value is -0.720. The van der Waals surface area contributed by atoms with Crippen molar-refractivity contribution in [1.82, 2.24) is 5.32 Å². The zero-order chi connectivity index (χ0) is 13.6. The fraction of sp³-hybridized carbons (Fsp3) is 0.636. The van der Waals surface area contributed by atoms with Gasteiger partial charge < -0.3 is 5.32 Å². The quantitative estimate of drug-likeness (QED) is 0.381. The lowest BCUT2D eigenvalue weighted by Crippen LogP contribution is -2.11. The van der Waals surface area contributed by atoms with E-state index in [0.717, 1.165) is 13.1 Å². The van der Waals surface area contributed by atoms with Crippen LogP contribution in [0.4, 0.5) is 4.39 Å². The van der Waals surface area contributed by atoms with Crippen LogP contribution in [0.2, 0.25) is 0 Å².